The standard InChI is InChI=1S/C31H36N6O/c38-31-28-19-27(37-20-29(32-21-37)24-14-15-24)17-16-23(28)9-4-1-2-7-18-36-22-33-35-30(36)25-10-5-3-6-12-26(34-31)13-8-11-25/h8,10-11,13,16-17,19-22,24H,1-7,9,12,14-15,18H2,(H,34,38)/b11-8-,25-10?,26-13+. The molecule has 1 N–H and O–H groups in total. The number of benzene rings is 1. The molecule has 196 valence electrons. The summed E-state index contributed by atoms with van der Waals surface area (Å²) < 4.78 is 4.23. The summed E-state index contributed by atoms with van der Waals surface area (Å²) in [7, 11) is 0. The van der Waals surface area contributed by atoms with Crippen molar-refractivity contribution in [2.75, 3.05) is 0 Å². The molecular formula is C31H36N6O. The molecule has 7 nitrogen and oxygen atoms in total. The molecule has 3 heterocycles. The summed E-state index contributed by atoms with van der Waals surface area (Å²) in [5.41, 5.74) is 6.07. The maximum Gasteiger partial charge on any atom is 0.255 e. The van der Waals surface area contributed by atoms with E-state index in [9.17, 15) is 4.79 Å². The fraction of sp³-hybridized carbons (Fsp3) is 0.419. The zero-order chi connectivity index (χ0) is 25.7. The smallest absolute Gasteiger partial charge is 0.255 e. The Balaban J connectivity index is 1.31. The van der Waals surface area contributed by atoms with Gasteiger partial charge in [0.2, 0.25) is 0 Å². The maximum atomic E-state index is 13.7. The summed E-state index contributed by atoms with van der Waals surface area (Å²) in [4.78, 5) is 18.3. The molecule has 1 fully saturated rings. The third-order valence-corrected chi connectivity index (χ3v) is 7.82. The number of aryl methyl sites for hydroxylation is 2. The van der Waals surface area contributed by atoms with Gasteiger partial charge in [-0.25, -0.2) is 4.98 Å². The van der Waals surface area contributed by atoms with Crippen LogP contribution in [0.4, 0.5) is 0 Å². The van der Waals surface area contributed by atoms with Crippen molar-refractivity contribution in [1.29, 1.82) is 0 Å². The van der Waals surface area contributed by atoms with Gasteiger partial charge in [0, 0.05) is 41.2 Å². The quantitative estimate of drug-likeness (QED) is 0.442. The number of imidazole rings is 1. The van der Waals surface area contributed by atoms with E-state index in [1.165, 1.54) is 12.8 Å². The van der Waals surface area contributed by atoms with Crippen molar-refractivity contribution in [2.45, 2.75) is 83.1 Å². The normalized spacial score (nSPS) is 21.4. The van der Waals surface area contributed by atoms with E-state index in [4.69, 9.17) is 0 Å². The number of hydrogen-bond acceptors (Lipinski definition) is 4. The third-order valence-electron chi connectivity index (χ3n) is 7.82. The van der Waals surface area contributed by atoms with E-state index < -0.39 is 0 Å². The summed E-state index contributed by atoms with van der Waals surface area (Å²) in [6.45, 7) is 0.919. The topological polar surface area (TPSA) is 77.6 Å². The van der Waals surface area contributed by atoms with Crippen LogP contribution in [0.2, 0.25) is 0 Å². The molecule has 0 atom stereocenters. The zero-order valence-corrected chi connectivity index (χ0v) is 22.0. The van der Waals surface area contributed by atoms with Crippen LogP contribution >= 0.6 is 0 Å². The van der Waals surface area contributed by atoms with Crippen LogP contribution in [0.15, 0.2) is 67.1 Å². The highest BCUT2D eigenvalue weighted by atomic mass is 16.1. The SMILES string of the molecule is O=C1N/C2=C/C=C\C(=CCCCC2)c2nncn2CCCCCCc2ccc(-n3cnc(C4CC4)c3)cc21. The average molecular weight is 509 g/mol. The molecule has 3 aliphatic rings. The van der Waals surface area contributed by atoms with Crippen LogP contribution in [0.1, 0.15) is 97.6 Å². The lowest BCUT2D eigenvalue weighted by molar-refractivity contribution is 0.0963. The van der Waals surface area contributed by atoms with Crippen molar-refractivity contribution in [3.8, 4) is 5.69 Å². The Morgan fingerprint density at radius 1 is 0.974 bits per heavy atom. The van der Waals surface area contributed by atoms with Gasteiger partial charge in [-0.1, -0.05) is 37.1 Å². The number of amides is 1. The first-order chi connectivity index (χ1) is 18.7. The van der Waals surface area contributed by atoms with Gasteiger partial charge in [-0.15, -0.1) is 10.2 Å². The van der Waals surface area contributed by atoms with E-state index in [1.807, 2.05) is 30.9 Å². The molecule has 1 saturated carbocycles. The number of aromatic nitrogens is 5. The van der Waals surface area contributed by atoms with Crippen molar-refractivity contribution < 1.29 is 4.79 Å². The van der Waals surface area contributed by atoms with Crippen molar-refractivity contribution in [2.24, 2.45) is 0 Å². The summed E-state index contributed by atoms with van der Waals surface area (Å²) >= 11 is 0. The van der Waals surface area contributed by atoms with Gasteiger partial charge >= 0.3 is 0 Å². The second kappa shape index (κ2) is 11.3. The van der Waals surface area contributed by atoms with E-state index in [2.05, 4.69) is 60.1 Å². The van der Waals surface area contributed by atoms with Gasteiger partial charge in [-0.05, 0) is 81.6 Å². The van der Waals surface area contributed by atoms with Crippen LogP contribution in [-0.2, 0) is 13.0 Å². The number of rotatable bonds is 2. The third kappa shape index (κ3) is 5.72. The van der Waals surface area contributed by atoms with Crippen molar-refractivity contribution in [1.82, 2.24) is 29.6 Å². The monoisotopic (exact) mass is 508 g/mol. The molecule has 1 aromatic carbocycles. The molecule has 2 aromatic heterocycles. The summed E-state index contributed by atoms with van der Waals surface area (Å²) in [6, 6.07) is 6.30. The van der Waals surface area contributed by atoms with E-state index in [0.29, 0.717) is 5.92 Å². The number of carbonyl (C=O) groups excluding carboxylic acids is 1. The molecule has 1 amide bonds. The van der Waals surface area contributed by atoms with Crippen molar-refractivity contribution >= 4 is 11.5 Å². The Labute approximate surface area is 224 Å². The first kappa shape index (κ1) is 24.6. The molecule has 2 aliphatic carbocycles. The summed E-state index contributed by atoms with van der Waals surface area (Å²) in [5.74, 6) is 1.50. The minimum Gasteiger partial charge on any atom is -0.326 e. The highest BCUT2D eigenvalue weighted by Gasteiger charge is 2.26. The van der Waals surface area contributed by atoms with Crippen LogP contribution in [0.25, 0.3) is 11.3 Å². The van der Waals surface area contributed by atoms with Crippen LogP contribution in [-0.4, -0.2) is 30.2 Å². The lowest BCUT2D eigenvalue weighted by atomic mass is 9.99. The molecule has 0 unspecified atom stereocenters. The van der Waals surface area contributed by atoms with E-state index in [1.54, 1.807) is 0 Å². The molecular weight excluding hydrogens is 472 g/mol. The Bertz CT molecular complexity index is 1390. The molecule has 6 rings (SSSR count). The molecule has 7 heteroatoms. The number of carbonyl (C=O) groups is 1. The first-order valence-electron chi connectivity index (χ1n) is 14.2. The molecule has 3 aromatic rings. The van der Waals surface area contributed by atoms with Gasteiger partial charge in [0.25, 0.3) is 5.91 Å². The van der Waals surface area contributed by atoms with Gasteiger partial charge < -0.3 is 14.5 Å². The first-order valence-corrected chi connectivity index (χ1v) is 14.2. The van der Waals surface area contributed by atoms with Crippen LogP contribution in [0.3, 0.4) is 0 Å². The average Bonchev–Trinajstić information content (AvgIpc) is 3.47. The van der Waals surface area contributed by atoms with Gasteiger partial charge in [0.05, 0.1) is 12.0 Å². The van der Waals surface area contributed by atoms with Crippen molar-refractivity contribution in [3.63, 3.8) is 0 Å². The number of nitrogens with one attached hydrogen (secondary N) is 1. The number of fused-ring (bicyclic) bond motifs is 5. The predicted octanol–water partition coefficient (Wildman–Crippen LogP) is 6.29. The van der Waals surface area contributed by atoms with Gasteiger partial charge in [0.1, 0.15) is 6.33 Å². The van der Waals surface area contributed by atoms with Gasteiger partial charge in [-0.3, -0.25) is 4.79 Å². The summed E-state index contributed by atoms with van der Waals surface area (Å²) in [5, 5.41) is 11.9. The van der Waals surface area contributed by atoms with Crippen LogP contribution < -0.4 is 5.32 Å². The van der Waals surface area contributed by atoms with E-state index >= 15 is 0 Å². The zero-order valence-electron chi connectivity index (χ0n) is 22.0. The predicted molar refractivity (Wildman–Crippen MR) is 149 cm³/mol. The fourth-order valence-electron chi connectivity index (χ4n) is 5.44. The number of nitrogens with zero attached hydrogens (tertiary/aromatic N) is 5. The van der Waals surface area contributed by atoms with Gasteiger partial charge in [-0.2, -0.15) is 0 Å². The molecule has 0 radical (unpaired) electrons. The molecule has 38 heavy (non-hydrogen) atoms. The summed E-state index contributed by atoms with van der Waals surface area (Å²) in [6.07, 6.45) is 25.9. The molecule has 1 aliphatic heterocycles. The lowest BCUT2D eigenvalue weighted by Crippen LogP contribution is -2.24. The largest absolute Gasteiger partial charge is 0.326 e. The Morgan fingerprint density at radius 2 is 1.87 bits per heavy atom. The lowest BCUT2D eigenvalue weighted by Gasteiger charge is -2.15. The highest BCUT2D eigenvalue weighted by Crippen LogP contribution is 2.39. The Morgan fingerprint density at radius 3 is 2.79 bits per heavy atom. The fourth-order valence-corrected chi connectivity index (χ4v) is 5.44. The minimum absolute atomic E-state index is 0.0269. The van der Waals surface area contributed by atoms with Crippen molar-refractivity contribution in [3.05, 3.63) is 89.7 Å². The van der Waals surface area contributed by atoms with E-state index in [-0.39, 0.29) is 5.91 Å². The molecule has 0 saturated heterocycles. The Kier molecular flexibility index (Phi) is 7.33. The van der Waals surface area contributed by atoms with Gasteiger partial charge in [0.15, 0.2) is 5.82 Å². The Hall–Kier alpha value is -3.74. The minimum atomic E-state index is -0.0269. The molecule has 2 bridgehead atoms. The second-order valence-electron chi connectivity index (χ2n) is 10.7. The molecule has 0 spiro atoms. The number of hydrogen-bond donors (Lipinski definition) is 1. The maximum absolute atomic E-state index is 13.7. The van der Waals surface area contributed by atoms with Crippen LogP contribution in [0, 0.1) is 0 Å². The van der Waals surface area contributed by atoms with E-state index in [0.717, 1.165) is 104 Å². The highest BCUT2D eigenvalue weighted by molar-refractivity contribution is 5.97. The number of allylic oxidation sites excluding steroid dienone is 6. The van der Waals surface area contributed by atoms with Crippen LogP contribution in [0.5, 0.6) is 0 Å². The second-order valence-corrected chi connectivity index (χ2v) is 10.7.